The van der Waals surface area contributed by atoms with Crippen LogP contribution in [-0.2, 0) is 6.61 Å². The van der Waals surface area contributed by atoms with Gasteiger partial charge in [-0.2, -0.15) is 5.10 Å². The topological polar surface area (TPSA) is 95.4 Å². The molecule has 26 heavy (non-hydrogen) atoms. The molecular weight excluding hydrogens is 381 g/mol. The molecule has 2 aromatic carbocycles. The van der Waals surface area contributed by atoms with E-state index in [0.717, 1.165) is 5.56 Å². The summed E-state index contributed by atoms with van der Waals surface area (Å²) < 4.78 is 7.13. The van der Waals surface area contributed by atoms with Crippen molar-refractivity contribution in [1.82, 2.24) is 14.9 Å². The van der Waals surface area contributed by atoms with Crippen LogP contribution in [0.15, 0.2) is 54.2 Å². The van der Waals surface area contributed by atoms with Crippen molar-refractivity contribution < 1.29 is 9.66 Å². The summed E-state index contributed by atoms with van der Waals surface area (Å²) >= 11 is 12.0. The van der Waals surface area contributed by atoms with Gasteiger partial charge in [0.1, 0.15) is 25.0 Å². The van der Waals surface area contributed by atoms with Gasteiger partial charge in [0, 0.05) is 33.3 Å². The third-order valence-electron chi connectivity index (χ3n) is 3.34. The molecule has 0 aliphatic heterocycles. The van der Waals surface area contributed by atoms with Crippen LogP contribution < -0.4 is 4.74 Å². The number of ether oxygens (including phenoxy) is 1. The van der Waals surface area contributed by atoms with Crippen molar-refractivity contribution in [3.8, 4) is 5.75 Å². The standard InChI is InChI=1S/C16H11Cl2N5O3/c17-13-2-1-11(15(18)6-13)8-26-16-4-3-14(23(24)25)5-12(16)7-21-22-9-19-20-10-22/h1-7,9-10H,8H2. The van der Waals surface area contributed by atoms with E-state index in [1.165, 1.54) is 41.7 Å². The molecule has 0 unspecified atom stereocenters. The van der Waals surface area contributed by atoms with Crippen LogP contribution >= 0.6 is 23.2 Å². The van der Waals surface area contributed by atoms with Crippen LogP contribution in [0.4, 0.5) is 5.69 Å². The molecule has 0 saturated carbocycles. The molecule has 0 aliphatic carbocycles. The molecule has 0 fully saturated rings. The Hall–Kier alpha value is -2.97. The lowest BCUT2D eigenvalue weighted by atomic mass is 10.2. The predicted molar refractivity (Wildman–Crippen MR) is 96.9 cm³/mol. The molecule has 0 amide bonds. The summed E-state index contributed by atoms with van der Waals surface area (Å²) in [4.78, 5) is 10.5. The molecule has 0 radical (unpaired) electrons. The molecule has 0 N–H and O–H groups in total. The fourth-order valence-corrected chi connectivity index (χ4v) is 2.52. The highest BCUT2D eigenvalue weighted by molar-refractivity contribution is 6.35. The van der Waals surface area contributed by atoms with E-state index in [4.69, 9.17) is 27.9 Å². The summed E-state index contributed by atoms with van der Waals surface area (Å²) in [6.07, 6.45) is 4.21. The number of nitro groups is 1. The van der Waals surface area contributed by atoms with Crippen molar-refractivity contribution >= 4 is 35.1 Å². The number of rotatable bonds is 6. The van der Waals surface area contributed by atoms with Gasteiger partial charge in [0.15, 0.2) is 0 Å². The number of halogens is 2. The van der Waals surface area contributed by atoms with Gasteiger partial charge in [0.25, 0.3) is 5.69 Å². The van der Waals surface area contributed by atoms with Crippen LogP contribution in [0.2, 0.25) is 10.0 Å². The number of non-ortho nitro benzene ring substituents is 1. The normalized spacial score (nSPS) is 11.0. The minimum absolute atomic E-state index is 0.0768. The number of hydrogen-bond acceptors (Lipinski definition) is 6. The third kappa shape index (κ3) is 4.35. The maximum absolute atomic E-state index is 11.0. The van der Waals surface area contributed by atoms with Crippen LogP contribution in [0, 0.1) is 10.1 Å². The van der Waals surface area contributed by atoms with E-state index in [2.05, 4.69) is 15.3 Å². The zero-order valence-corrected chi connectivity index (χ0v) is 14.6. The number of nitro benzene ring substituents is 1. The predicted octanol–water partition coefficient (Wildman–Crippen LogP) is 3.95. The molecular formula is C16H11Cl2N5O3. The first-order chi connectivity index (χ1) is 12.5. The maximum Gasteiger partial charge on any atom is 0.270 e. The van der Waals surface area contributed by atoms with Crippen molar-refractivity contribution in [3.05, 3.63) is 80.3 Å². The highest BCUT2D eigenvalue weighted by Gasteiger charge is 2.12. The van der Waals surface area contributed by atoms with Crippen molar-refractivity contribution in [2.45, 2.75) is 6.61 Å². The molecule has 0 atom stereocenters. The first-order valence-electron chi connectivity index (χ1n) is 7.27. The monoisotopic (exact) mass is 391 g/mol. The van der Waals surface area contributed by atoms with Gasteiger partial charge in [-0.1, -0.05) is 29.3 Å². The van der Waals surface area contributed by atoms with Gasteiger partial charge in [0.2, 0.25) is 0 Å². The Labute approximate surface area is 157 Å². The van der Waals surface area contributed by atoms with E-state index in [1.807, 2.05) is 0 Å². The molecule has 0 spiro atoms. The summed E-state index contributed by atoms with van der Waals surface area (Å²) in [5.74, 6) is 0.415. The van der Waals surface area contributed by atoms with Crippen LogP contribution in [0.1, 0.15) is 11.1 Å². The summed E-state index contributed by atoms with van der Waals surface area (Å²) in [5, 5.41) is 23.4. The molecule has 0 saturated heterocycles. The fraction of sp³-hybridized carbons (Fsp3) is 0.0625. The smallest absolute Gasteiger partial charge is 0.270 e. The van der Waals surface area contributed by atoms with E-state index in [0.29, 0.717) is 21.4 Å². The van der Waals surface area contributed by atoms with E-state index < -0.39 is 4.92 Å². The Morgan fingerprint density at radius 2 is 1.96 bits per heavy atom. The van der Waals surface area contributed by atoms with Gasteiger partial charge in [-0.15, -0.1) is 10.2 Å². The lowest BCUT2D eigenvalue weighted by Gasteiger charge is -2.10. The molecule has 3 rings (SSSR count). The van der Waals surface area contributed by atoms with Gasteiger partial charge in [-0.3, -0.25) is 10.1 Å². The number of hydrogen-bond donors (Lipinski definition) is 0. The first kappa shape index (κ1) is 17.8. The van der Waals surface area contributed by atoms with E-state index in [9.17, 15) is 10.1 Å². The Kier molecular flexibility index (Phi) is 5.45. The minimum atomic E-state index is -0.490. The van der Waals surface area contributed by atoms with Gasteiger partial charge in [0.05, 0.1) is 11.1 Å². The van der Waals surface area contributed by atoms with E-state index >= 15 is 0 Å². The second-order valence-electron chi connectivity index (χ2n) is 5.09. The van der Waals surface area contributed by atoms with Gasteiger partial charge < -0.3 is 4.74 Å². The Morgan fingerprint density at radius 3 is 2.65 bits per heavy atom. The molecule has 1 heterocycles. The summed E-state index contributed by atoms with van der Waals surface area (Å²) in [6, 6.07) is 9.31. The van der Waals surface area contributed by atoms with Crippen molar-refractivity contribution in [3.63, 3.8) is 0 Å². The van der Waals surface area contributed by atoms with Gasteiger partial charge in [-0.25, -0.2) is 4.68 Å². The summed E-state index contributed by atoms with van der Waals surface area (Å²) in [6.45, 7) is 0.168. The zero-order valence-electron chi connectivity index (χ0n) is 13.1. The van der Waals surface area contributed by atoms with Crippen LogP contribution in [0.5, 0.6) is 5.75 Å². The lowest BCUT2D eigenvalue weighted by molar-refractivity contribution is -0.384. The fourth-order valence-electron chi connectivity index (χ4n) is 2.06. The second kappa shape index (κ2) is 7.94. The minimum Gasteiger partial charge on any atom is -0.488 e. The molecule has 132 valence electrons. The molecule has 3 aromatic rings. The van der Waals surface area contributed by atoms with Crippen molar-refractivity contribution in [2.24, 2.45) is 5.10 Å². The van der Waals surface area contributed by atoms with Crippen LogP contribution in [-0.4, -0.2) is 26.0 Å². The first-order valence-corrected chi connectivity index (χ1v) is 8.02. The Bertz CT molecular complexity index is 961. The number of aromatic nitrogens is 3. The van der Waals surface area contributed by atoms with E-state index in [1.54, 1.807) is 18.2 Å². The molecule has 0 bridgehead atoms. The highest BCUT2D eigenvalue weighted by atomic mass is 35.5. The van der Waals surface area contributed by atoms with Crippen molar-refractivity contribution in [2.75, 3.05) is 0 Å². The lowest BCUT2D eigenvalue weighted by Crippen LogP contribution is -2.01. The van der Waals surface area contributed by atoms with Gasteiger partial charge >= 0.3 is 0 Å². The molecule has 10 heteroatoms. The van der Waals surface area contributed by atoms with Gasteiger partial charge in [-0.05, 0) is 18.2 Å². The largest absolute Gasteiger partial charge is 0.488 e. The number of benzene rings is 2. The quantitative estimate of drug-likeness (QED) is 0.360. The average molecular weight is 392 g/mol. The maximum atomic E-state index is 11.0. The Morgan fingerprint density at radius 1 is 1.19 bits per heavy atom. The Balaban J connectivity index is 1.86. The van der Waals surface area contributed by atoms with E-state index in [-0.39, 0.29) is 12.3 Å². The highest BCUT2D eigenvalue weighted by Crippen LogP contribution is 2.26. The average Bonchev–Trinajstić information content (AvgIpc) is 3.13. The van der Waals surface area contributed by atoms with Crippen LogP contribution in [0.25, 0.3) is 0 Å². The SMILES string of the molecule is O=[N+]([O-])c1ccc(OCc2ccc(Cl)cc2Cl)c(C=Nn2cnnc2)c1. The zero-order chi connectivity index (χ0) is 18.5. The summed E-state index contributed by atoms with van der Waals surface area (Å²) in [5.41, 5.74) is 1.08. The second-order valence-corrected chi connectivity index (χ2v) is 5.93. The molecule has 0 aliphatic rings. The number of nitrogens with zero attached hydrogens (tertiary/aromatic N) is 5. The van der Waals surface area contributed by atoms with Crippen LogP contribution in [0.3, 0.4) is 0 Å². The van der Waals surface area contributed by atoms with Crippen molar-refractivity contribution in [1.29, 1.82) is 0 Å². The molecule has 8 nitrogen and oxygen atoms in total. The molecule has 1 aromatic heterocycles. The third-order valence-corrected chi connectivity index (χ3v) is 3.93. The summed E-state index contributed by atoms with van der Waals surface area (Å²) in [7, 11) is 0.